The van der Waals surface area contributed by atoms with Gasteiger partial charge in [0.25, 0.3) is 5.91 Å². The Labute approximate surface area is 149 Å². The van der Waals surface area contributed by atoms with E-state index in [9.17, 15) is 9.59 Å². The van der Waals surface area contributed by atoms with Gasteiger partial charge >= 0.3 is 0 Å². The molecule has 0 N–H and O–H groups in total. The molecule has 136 valence electrons. The number of nitrogens with zero attached hydrogens (tertiary/aromatic N) is 2. The molecule has 25 heavy (non-hydrogen) atoms. The first-order valence-electron chi connectivity index (χ1n) is 9.39. The number of piperazine rings is 1. The SMILES string of the molecule is COc1ccccc1C(=O)N1CCN(C(=O)CCC2CCCC2)CC1. The lowest BCUT2D eigenvalue weighted by Gasteiger charge is -2.35. The molecule has 1 aromatic rings. The van der Waals surface area contributed by atoms with Crippen molar-refractivity contribution < 1.29 is 14.3 Å². The smallest absolute Gasteiger partial charge is 0.257 e. The average Bonchev–Trinajstić information content (AvgIpc) is 3.19. The summed E-state index contributed by atoms with van der Waals surface area (Å²) in [5.74, 6) is 1.58. The van der Waals surface area contributed by atoms with Crippen LogP contribution in [0.1, 0.15) is 48.9 Å². The summed E-state index contributed by atoms with van der Waals surface area (Å²) in [6.45, 7) is 2.44. The van der Waals surface area contributed by atoms with Crippen molar-refractivity contribution in [3.05, 3.63) is 29.8 Å². The molecule has 2 amide bonds. The first-order valence-corrected chi connectivity index (χ1v) is 9.39. The molecule has 1 saturated carbocycles. The van der Waals surface area contributed by atoms with E-state index in [1.165, 1.54) is 25.7 Å². The molecule has 1 aliphatic heterocycles. The second-order valence-corrected chi connectivity index (χ2v) is 7.06. The highest BCUT2D eigenvalue weighted by Crippen LogP contribution is 2.28. The van der Waals surface area contributed by atoms with Crippen molar-refractivity contribution in [3.63, 3.8) is 0 Å². The van der Waals surface area contributed by atoms with Gasteiger partial charge in [-0.25, -0.2) is 0 Å². The lowest BCUT2D eigenvalue weighted by molar-refractivity contribution is -0.133. The van der Waals surface area contributed by atoms with Gasteiger partial charge in [-0.1, -0.05) is 37.8 Å². The van der Waals surface area contributed by atoms with Crippen LogP contribution in [0, 0.1) is 5.92 Å². The van der Waals surface area contributed by atoms with E-state index in [0.29, 0.717) is 43.9 Å². The fourth-order valence-corrected chi connectivity index (χ4v) is 3.94. The van der Waals surface area contributed by atoms with Crippen LogP contribution in [0.2, 0.25) is 0 Å². The summed E-state index contributed by atoms with van der Waals surface area (Å²) in [5.41, 5.74) is 0.589. The predicted octanol–water partition coefficient (Wildman–Crippen LogP) is 2.95. The average molecular weight is 344 g/mol. The minimum absolute atomic E-state index is 0.0181. The molecule has 1 aliphatic carbocycles. The van der Waals surface area contributed by atoms with Crippen molar-refractivity contribution in [2.75, 3.05) is 33.3 Å². The monoisotopic (exact) mass is 344 g/mol. The van der Waals surface area contributed by atoms with Gasteiger partial charge in [0, 0.05) is 32.6 Å². The maximum absolute atomic E-state index is 12.7. The van der Waals surface area contributed by atoms with Crippen molar-refractivity contribution in [1.29, 1.82) is 0 Å². The van der Waals surface area contributed by atoms with Crippen LogP contribution in [-0.4, -0.2) is 54.9 Å². The van der Waals surface area contributed by atoms with Gasteiger partial charge in [-0.3, -0.25) is 9.59 Å². The third kappa shape index (κ3) is 4.33. The molecule has 1 aromatic carbocycles. The third-order valence-electron chi connectivity index (χ3n) is 5.50. The van der Waals surface area contributed by atoms with Crippen LogP contribution in [0.3, 0.4) is 0 Å². The van der Waals surface area contributed by atoms with Crippen molar-refractivity contribution in [1.82, 2.24) is 9.80 Å². The molecule has 3 rings (SSSR count). The van der Waals surface area contributed by atoms with Gasteiger partial charge in [0.1, 0.15) is 5.75 Å². The first kappa shape index (κ1) is 17.8. The number of hydrogen-bond donors (Lipinski definition) is 0. The number of ether oxygens (including phenoxy) is 1. The van der Waals surface area contributed by atoms with Crippen LogP contribution in [0.4, 0.5) is 0 Å². The van der Waals surface area contributed by atoms with E-state index in [4.69, 9.17) is 4.74 Å². The maximum atomic E-state index is 12.7. The Bertz CT molecular complexity index is 603. The normalized spacial score (nSPS) is 18.4. The zero-order valence-electron chi connectivity index (χ0n) is 15.1. The minimum atomic E-state index is -0.0181. The van der Waals surface area contributed by atoms with Gasteiger partial charge in [0.15, 0.2) is 0 Å². The topological polar surface area (TPSA) is 49.9 Å². The van der Waals surface area contributed by atoms with Crippen LogP contribution < -0.4 is 4.74 Å². The summed E-state index contributed by atoms with van der Waals surface area (Å²) in [5, 5.41) is 0. The predicted molar refractivity (Wildman–Crippen MR) is 96.7 cm³/mol. The number of amides is 2. The molecule has 2 fully saturated rings. The number of carbonyl (C=O) groups excluding carboxylic acids is 2. The van der Waals surface area contributed by atoms with E-state index in [-0.39, 0.29) is 11.8 Å². The van der Waals surface area contributed by atoms with Gasteiger partial charge in [-0.2, -0.15) is 0 Å². The number of hydrogen-bond acceptors (Lipinski definition) is 3. The highest BCUT2D eigenvalue weighted by Gasteiger charge is 2.26. The van der Waals surface area contributed by atoms with Crippen molar-refractivity contribution in [2.45, 2.75) is 38.5 Å². The van der Waals surface area contributed by atoms with Gasteiger partial charge < -0.3 is 14.5 Å². The molecule has 0 atom stereocenters. The Morgan fingerprint density at radius 2 is 1.68 bits per heavy atom. The van der Waals surface area contributed by atoms with Crippen LogP contribution in [-0.2, 0) is 4.79 Å². The lowest BCUT2D eigenvalue weighted by Crippen LogP contribution is -2.50. The quantitative estimate of drug-likeness (QED) is 0.825. The van der Waals surface area contributed by atoms with E-state index in [2.05, 4.69) is 0 Å². The third-order valence-corrected chi connectivity index (χ3v) is 5.50. The Hall–Kier alpha value is -2.04. The number of rotatable bonds is 5. The summed E-state index contributed by atoms with van der Waals surface area (Å²) >= 11 is 0. The Balaban J connectivity index is 1.49. The Kier molecular flexibility index (Phi) is 5.95. The summed E-state index contributed by atoms with van der Waals surface area (Å²) in [6, 6.07) is 7.30. The molecular weight excluding hydrogens is 316 g/mol. The number of carbonyl (C=O) groups is 2. The van der Waals surface area contributed by atoms with E-state index < -0.39 is 0 Å². The number of methoxy groups -OCH3 is 1. The van der Waals surface area contributed by atoms with Gasteiger partial charge in [-0.05, 0) is 24.5 Å². The molecule has 5 heteroatoms. The van der Waals surface area contributed by atoms with E-state index in [0.717, 1.165) is 12.3 Å². The van der Waals surface area contributed by atoms with Crippen molar-refractivity contribution in [3.8, 4) is 5.75 Å². The highest BCUT2D eigenvalue weighted by molar-refractivity contribution is 5.97. The molecule has 2 aliphatic rings. The van der Waals surface area contributed by atoms with Crippen LogP contribution in [0.5, 0.6) is 5.75 Å². The van der Waals surface area contributed by atoms with Gasteiger partial charge in [-0.15, -0.1) is 0 Å². The molecule has 0 aromatic heterocycles. The van der Waals surface area contributed by atoms with E-state index in [1.54, 1.807) is 19.2 Å². The Morgan fingerprint density at radius 1 is 1.04 bits per heavy atom. The number of para-hydroxylation sites is 1. The van der Waals surface area contributed by atoms with Crippen molar-refractivity contribution in [2.24, 2.45) is 5.92 Å². The summed E-state index contributed by atoms with van der Waals surface area (Å²) in [6.07, 6.45) is 6.90. The van der Waals surface area contributed by atoms with Crippen LogP contribution >= 0.6 is 0 Å². The van der Waals surface area contributed by atoms with Crippen molar-refractivity contribution >= 4 is 11.8 Å². The zero-order chi connectivity index (χ0) is 17.6. The minimum Gasteiger partial charge on any atom is -0.496 e. The molecular formula is C20H28N2O3. The first-order chi connectivity index (χ1) is 12.2. The van der Waals surface area contributed by atoms with E-state index >= 15 is 0 Å². The lowest BCUT2D eigenvalue weighted by atomic mass is 10.0. The highest BCUT2D eigenvalue weighted by atomic mass is 16.5. The second kappa shape index (κ2) is 8.37. The second-order valence-electron chi connectivity index (χ2n) is 7.06. The molecule has 5 nitrogen and oxygen atoms in total. The van der Waals surface area contributed by atoms with Crippen LogP contribution in [0.15, 0.2) is 24.3 Å². The molecule has 0 spiro atoms. The number of benzene rings is 1. The molecule has 0 bridgehead atoms. The maximum Gasteiger partial charge on any atom is 0.257 e. The van der Waals surface area contributed by atoms with Crippen LogP contribution in [0.25, 0.3) is 0 Å². The fraction of sp³-hybridized carbons (Fsp3) is 0.600. The summed E-state index contributed by atoms with van der Waals surface area (Å²) < 4.78 is 5.29. The standard InChI is InChI=1S/C20H28N2O3/c1-25-18-9-5-4-8-17(18)20(24)22-14-12-21(13-15-22)19(23)11-10-16-6-2-3-7-16/h4-5,8-9,16H,2-3,6-7,10-15H2,1H3. The van der Waals surface area contributed by atoms with Gasteiger partial charge in [0.05, 0.1) is 12.7 Å². The Morgan fingerprint density at radius 3 is 2.36 bits per heavy atom. The largest absolute Gasteiger partial charge is 0.496 e. The molecule has 1 heterocycles. The summed E-state index contributed by atoms with van der Waals surface area (Å²) in [4.78, 5) is 28.8. The summed E-state index contributed by atoms with van der Waals surface area (Å²) in [7, 11) is 1.58. The fourth-order valence-electron chi connectivity index (χ4n) is 3.94. The molecule has 0 radical (unpaired) electrons. The zero-order valence-corrected chi connectivity index (χ0v) is 15.1. The van der Waals surface area contributed by atoms with E-state index in [1.807, 2.05) is 21.9 Å². The van der Waals surface area contributed by atoms with Gasteiger partial charge in [0.2, 0.25) is 5.91 Å². The molecule has 0 unspecified atom stereocenters. The molecule has 1 saturated heterocycles.